The van der Waals surface area contributed by atoms with Crippen molar-refractivity contribution in [1.82, 2.24) is 10.6 Å². The second-order valence-electron chi connectivity index (χ2n) is 6.19. The molecule has 2 rings (SSSR count). The van der Waals surface area contributed by atoms with E-state index < -0.39 is 20.5 Å². The smallest absolute Gasteiger partial charge is 0.241 e. The minimum absolute atomic E-state index is 0.255. The van der Waals surface area contributed by atoms with Gasteiger partial charge in [-0.05, 0) is 43.6 Å². The predicted molar refractivity (Wildman–Crippen MR) is 95.3 cm³/mol. The van der Waals surface area contributed by atoms with E-state index in [1.54, 1.807) is 7.11 Å². The van der Waals surface area contributed by atoms with Gasteiger partial charge in [0.1, 0.15) is 12.4 Å². The Morgan fingerprint density at radius 2 is 2.00 bits per heavy atom. The molecule has 1 aromatic rings. The van der Waals surface area contributed by atoms with Crippen LogP contribution in [0.2, 0.25) is 0 Å². The van der Waals surface area contributed by atoms with Gasteiger partial charge in [0, 0.05) is 19.9 Å². The SMILES string of the molecule is COCCOc1cccc(CNC(=O)C2(S(C)(=O)=O)CCNCC2)c1. The highest BCUT2D eigenvalue weighted by atomic mass is 32.2. The van der Waals surface area contributed by atoms with E-state index >= 15 is 0 Å². The lowest BCUT2D eigenvalue weighted by molar-refractivity contribution is -0.124. The fraction of sp³-hybridized carbons (Fsp3) is 0.588. The number of carbonyl (C=O) groups excluding carboxylic acids is 1. The molecule has 2 N–H and O–H groups in total. The van der Waals surface area contributed by atoms with E-state index in [1.807, 2.05) is 24.3 Å². The lowest BCUT2D eigenvalue weighted by Crippen LogP contribution is -2.57. The third-order valence-corrected chi connectivity index (χ3v) is 6.46. The molecule has 8 heteroatoms. The molecule has 0 unspecified atom stereocenters. The summed E-state index contributed by atoms with van der Waals surface area (Å²) in [5, 5.41) is 5.89. The molecule has 0 aromatic heterocycles. The number of ether oxygens (including phenoxy) is 2. The molecule has 1 fully saturated rings. The summed E-state index contributed by atoms with van der Waals surface area (Å²) in [7, 11) is -1.90. The topological polar surface area (TPSA) is 93.7 Å². The summed E-state index contributed by atoms with van der Waals surface area (Å²) in [6.07, 6.45) is 1.72. The molecule has 1 saturated heterocycles. The third kappa shape index (κ3) is 4.93. The van der Waals surface area contributed by atoms with Gasteiger partial charge in [0.15, 0.2) is 14.6 Å². The number of hydrogen-bond acceptors (Lipinski definition) is 6. The van der Waals surface area contributed by atoms with Gasteiger partial charge in [-0.3, -0.25) is 4.79 Å². The van der Waals surface area contributed by atoms with Crippen molar-refractivity contribution in [3.8, 4) is 5.75 Å². The molecular formula is C17H26N2O5S. The summed E-state index contributed by atoms with van der Waals surface area (Å²) in [4.78, 5) is 12.7. The van der Waals surface area contributed by atoms with Gasteiger partial charge in [-0.2, -0.15) is 0 Å². The van der Waals surface area contributed by atoms with Crippen molar-refractivity contribution in [3.05, 3.63) is 29.8 Å². The zero-order valence-corrected chi connectivity index (χ0v) is 15.5. The molecule has 0 spiro atoms. The van der Waals surface area contributed by atoms with Crippen molar-refractivity contribution < 1.29 is 22.7 Å². The lowest BCUT2D eigenvalue weighted by Gasteiger charge is -2.34. The Bertz CT molecular complexity index is 684. The van der Waals surface area contributed by atoms with Crippen LogP contribution < -0.4 is 15.4 Å². The standard InChI is InChI=1S/C17H26N2O5S/c1-23-10-11-24-15-5-3-4-14(12-15)13-19-16(20)17(25(2,21)22)6-8-18-9-7-17/h3-5,12,18H,6-11,13H2,1-2H3,(H,19,20). The van der Waals surface area contributed by atoms with Crippen LogP contribution in [-0.2, 0) is 25.9 Å². The van der Waals surface area contributed by atoms with Crippen molar-refractivity contribution in [3.63, 3.8) is 0 Å². The molecule has 1 heterocycles. The van der Waals surface area contributed by atoms with Crippen molar-refractivity contribution in [2.45, 2.75) is 24.1 Å². The number of methoxy groups -OCH3 is 1. The van der Waals surface area contributed by atoms with Crippen LogP contribution in [0.25, 0.3) is 0 Å². The molecule has 0 saturated carbocycles. The molecule has 0 aliphatic carbocycles. The van der Waals surface area contributed by atoms with E-state index in [0.29, 0.717) is 32.1 Å². The van der Waals surface area contributed by atoms with Gasteiger partial charge in [-0.15, -0.1) is 0 Å². The Balaban J connectivity index is 2.02. The number of benzene rings is 1. The van der Waals surface area contributed by atoms with Crippen LogP contribution in [0.3, 0.4) is 0 Å². The van der Waals surface area contributed by atoms with E-state index in [-0.39, 0.29) is 19.4 Å². The average Bonchev–Trinajstić information content (AvgIpc) is 2.60. The Kier molecular flexibility index (Phi) is 6.80. The molecule has 0 atom stereocenters. The van der Waals surface area contributed by atoms with Gasteiger partial charge in [0.25, 0.3) is 0 Å². The highest BCUT2D eigenvalue weighted by Crippen LogP contribution is 2.28. The van der Waals surface area contributed by atoms with Crippen LogP contribution in [0.4, 0.5) is 0 Å². The molecule has 1 aliphatic heterocycles. The van der Waals surface area contributed by atoms with Crippen LogP contribution in [0.15, 0.2) is 24.3 Å². The van der Waals surface area contributed by atoms with Crippen LogP contribution in [-0.4, -0.2) is 58.7 Å². The minimum Gasteiger partial charge on any atom is -0.491 e. The fourth-order valence-corrected chi connectivity index (χ4v) is 4.28. The van der Waals surface area contributed by atoms with Gasteiger partial charge in [-0.1, -0.05) is 12.1 Å². The molecule has 0 bridgehead atoms. The van der Waals surface area contributed by atoms with E-state index in [1.165, 1.54) is 0 Å². The third-order valence-electron chi connectivity index (χ3n) is 4.44. The minimum atomic E-state index is -3.50. The van der Waals surface area contributed by atoms with Crippen molar-refractivity contribution >= 4 is 15.7 Å². The van der Waals surface area contributed by atoms with Gasteiger partial charge in [-0.25, -0.2) is 8.42 Å². The number of rotatable bonds is 8. The highest BCUT2D eigenvalue weighted by Gasteiger charge is 2.48. The normalized spacial score (nSPS) is 17.0. The van der Waals surface area contributed by atoms with E-state index in [9.17, 15) is 13.2 Å². The monoisotopic (exact) mass is 370 g/mol. The molecular weight excluding hydrogens is 344 g/mol. The summed E-state index contributed by atoms with van der Waals surface area (Å²) in [5.41, 5.74) is 0.848. The van der Waals surface area contributed by atoms with Crippen molar-refractivity contribution in [2.24, 2.45) is 0 Å². The first-order valence-electron chi connectivity index (χ1n) is 8.28. The summed E-state index contributed by atoms with van der Waals surface area (Å²) >= 11 is 0. The Labute approximate surface area is 149 Å². The second-order valence-corrected chi connectivity index (χ2v) is 8.51. The van der Waals surface area contributed by atoms with E-state index in [2.05, 4.69) is 10.6 Å². The molecule has 140 valence electrons. The van der Waals surface area contributed by atoms with Gasteiger partial charge < -0.3 is 20.1 Å². The Hall–Kier alpha value is -1.64. The number of piperidine rings is 1. The highest BCUT2D eigenvalue weighted by molar-refractivity contribution is 7.92. The molecule has 1 aliphatic rings. The maximum atomic E-state index is 12.7. The molecule has 1 aromatic carbocycles. The summed E-state index contributed by atoms with van der Waals surface area (Å²) < 4.78 is 33.6. The number of sulfone groups is 1. The fourth-order valence-electron chi connectivity index (χ4n) is 2.93. The molecule has 25 heavy (non-hydrogen) atoms. The van der Waals surface area contributed by atoms with Crippen LogP contribution in [0.1, 0.15) is 18.4 Å². The van der Waals surface area contributed by atoms with Gasteiger partial charge in [0.2, 0.25) is 5.91 Å². The van der Waals surface area contributed by atoms with E-state index in [0.717, 1.165) is 11.8 Å². The predicted octanol–water partition coefficient (Wildman–Crippen LogP) is 0.495. The van der Waals surface area contributed by atoms with Crippen molar-refractivity contribution in [1.29, 1.82) is 0 Å². The largest absolute Gasteiger partial charge is 0.491 e. The summed E-state index contributed by atoms with van der Waals surface area (Å²) in [6, 6.07) is 7.34. The first-order valence-corrected chi connectivity index (χ1v) is 10.2. The zero-order chi connectivity index (χ0) is 18.3. The first-order chi connectivity index (χ1) is 11.9. The second kappa shape index (κ2) is 8.64. The molecule has 1 amide bonds. The Morgan fingerprint density at radius 3 is 2.64 bits per heavy atom. The maximum Gasteiger partial charge on any atom is 0.241 e. The Morgan fingerprint density at radius 1 is 1.28 bits per heavy atom. The summed E-state index contributed by atoms with van der Waals surface area (Å²) in [6.45, 7) is 2.22. The average molecular weight is 370 g/mol. The van der Waals surface area contributed by atoms with Crippen LogP contribution in [0.5, 0.6) is 5.75 Å². The molecule has 0 radical (unpaired) electrons. The van der Waals surface area contributed by atoms with E-state index in [4.69, 9.17) is 9.47 Å². The zero-order valence-electron chi connectivity index (χ0n) is 14.7. The number of carbonyl (C=O) groups is 1. The number of amides is 1. The first kappa shape index (κ1) is 19.7. The quantitative estimate of drug-likeness (QED) is 0.647. The van der Waals surface area contributed by atoms with Gasteiger partial charge in [0.05, 0.1) is 6.61 Å². The maximum absolute atomic E-state index is 12.7. The van der Waals surface area contributed by atoms with Crippen LogP contribution >= 0.6 is 0 Å². The summed E-state index contributed by atoms with van der Waals surface area (Å²) in [5.74, 6) is 0.255. The van der Waals surface area contributed by atoms with Crippen molar-refractivity contribution in [2.75, 3.05) is 39.7 Å². The lowest BCUT2D eigenvalue weighted by atomic mass is 9.95. The number of nitrogens with one attached hydrogen (secondary N) is 2. The van der Waals surface area contributed by atoms with Crippen LogP contribution in [0, 0.1) is 0 Å². The molecule has 7 nitrogen and oxygen atoms in total. The van der Waals surface area contributed by atoms with Gasteiger partial charge >= 0.3 is 0 Å². The number of hydrogen-bond donors (Lipinski definition) is 2.